The lowest BCUT2D eigenvalue weighted by Gasteiger charge is -2.25. The zero-order chi connectivity index (χ0) is 16.6. The molecule has 1 atom stereocenters. The molecule has 122 valence electrons. The third kappa shape index (κ3) is 2.85. The quantitative estimate of drug-likeness (QED) is 0.944. The summed E-state index contributed by atoms with van der Waals surface area (Å²) in [6.45, 7) is 8.51. The molecule has 23 heavy (non-hydrogen) atoms. The van der Waals surface area contributed by atoms with Crippen LogP contribution in [0.25, 0.3) is 0 Å². The molecular formula is C17H23N5O. The normalized spacial score (nSPS) is 17.0. The first-order chi connectivity index (χ1) is 11.0. The van der Waals surface area contributed by atoms with Gasteiger partial charge in [-0.1, -0.05) is 0 Å². The molecule has 2 aromatic rings. The van der Waals surface area contributed by atoms with Crippen LogP contribution in [0.3, 0.4) is 0 Å². The van der Waals surface area contributed by atoms with E-state index in [2.05, 4.69) is 20.4 Å². The van der Waals surface area contributed by atoms with Gasteiger partial charge in [0.05, 0.1) is 17.3 Å². The highest BCUT2D eigenvalue weighted by atomic mass is 16.1. The lowest BCUT2D eigenvalue weighted by Crippen LogP contribution is -2.32. The van der Waals surface area contributed by atoms with E-state index in [1.54, 1.807) is 0 Å². The van der Waals surface area contributed by atoms with Crippen LogP contribution in [0.4, 0.5) is 0 Å². The van der Waals surface area contributed by atoms with Crippen LogP contribution in [-0.4, -0.2) is 25.7 Å². The van der Waals surface area contributed by atoms with Gasteiger partial charge in [0.15, 0.2) is 0 Å². The number of nitrogens with one attached hydrogen (secondary N) is 1. The third-order valence-electron chi connectivity index (χ3n) is 4.52. The first-order valence-corrected chi connectivity index (χ1v) is 8.18. The third-order valence-corrected chi connectivity index (χ3v) is 4.52. The molecule has 1 aliphatic rings. The molecule has 1 aliphatic carbocycles. The van der Waals surface area contributed by atoms with Crippen LogP contribution < -0.4 is 5.32 Å². The molecule has 0 fully saturated rings. The minimum absolute atomic E-state index is 0.0179. The van der Waals surface area contributed by atoms with Gasteiger partial charge in [0.2, 0.25) is 0 Å². The molecule has 0 radical (unpaired) electrons. The Morgan fingerprint density at radius 1 is 1.39 bits per heavy atom. The standard InChI is InChI=1S/C17H23N5O/c1-5-22-11(3)16(10(2)21-22)17(23)20-15-8-6-7-14-13(15)9-18-12(4)19-14/h9,15H,5-8H2,1-4H3,(H,20,23). The Balaban J connectivity index is 1.86. The summed E-state index contributed by atoms with van der Waals surface area (Å²) in [5.74, 6) is 0.727. The van der Waals surface area contributed by atoms with Crippen molar-refractivity contribution in [3.8, 4) is 0 Å². The molecule has 2 heterocycles. The van der Waals surface area contributed by atoms with Crippen molar-refractivity contribution in [2.24, 2.45) is 0 Å². The van der Waals surface area contributed by atoms with E-state index in [0.717, 1.165) is 54.3 Å². The van der Waals surface area contributed by atoms with E-state index in [0.29, 0.717) is 5.56 Å². The number of hydrogen-bond acceptors (Lipinski definition) is 4. The predicted octanol–water partition coefficient (Wildman–Crippen LogP) is 2.43. The number of aryl methyl sites for hydroxylation is 4. The number of fused-ring (bicyclic) bond motifs is 1. The molecule has 1 unspecified atom stereocenters. The van der Waals surface area contributed by atoms with Crippen molar-refractivity contribution in [2.45, 2.75) is 59.5 Å². The van der Waals surface area contributed by atoms with E-state index in [-0.39, 0.29) is 11.9 Å². The minimum Gasteiger partial charge on any atom is -0.345 e. The first kappa shape index (κ1) is 15.6. The van der Waals surface area contributed by atoms with Gasteiger partial charge in [-0.05, 0) is 47.0 Å². The van der Waals surface area contributed by atoms with Crippen molar-refractivity contribution in [3.63, 3.8) is 0 Å². The van der Waals surface area contributed by atoms with Gasteiger partial charge in [-0.25, -0.2) is 9.97 Å². The zero-order valence-electron chi connectivity index (χ0n) is 14.2. The monoisotopic (exact) mass is 313 g/mol. The molecule has 1 amide bonds. The van der Waals surface area contributed by atoms with Gasteiger partial charge in [0, 0.05) is 29.7 Å². The Kier molecular flexibility index (Phi) is 4.15. The molecule has 2 aromatic heterocycles. The molecule has 0 spiro atoms. The van der Waals surface area contributed by atoms with Crippen molar-refractivity contribution in [3.05, 3.63) is 40.2 Å². The van der Waals surface area contributed by atoms with E-state index in [4.69, 9.17) is 0 Å². The van der Waals surface area contributed by atoms with Gasteiger partial charge < -0.3 is 5.32 Å². The fourth-order valence-corrected chi connectivity index (χ4v) is 3.36. The molecule has 0 aromatic carbocycles. The van der Waals surface area contributed by atoms with Gasteiger partial charge in [-0.15, -0.1) is 0 Å². The van der Waals surface area contributed by atoms with Crippen LogP contribution in [0.2, 0.25) is 0 Å². The molecule has 0 bridgehead atoms. The average Bonchev–Trinajstić information content (AvgIpc) is 2.81. The Bertz CT molecular complexity index is 750. The molecule has 0 saturated heterocycles. The largest absolute Gasteiger partial charge is 0.345 e. The van der Waals surface area contributed by atoms with Gasteiger partial charge in [-0.2, -0.15) is 5.10 Å². The van der Waals surface area contributed by atoms with Crippen LogP contribution in [0, 0.1) is 20.8 Å². The Morgan fingerprint density at radius 2 is 2.17 bits per heavy atom. The molecule has 6 heteroatoms. The van der Waals surface area contributed by atoms with Crippen molar-refractivity contribution >= 4 is 5.91 Å². The summed E-state index contributed by atoms with van der Waals surface area (Å²) in [4.78, 5) is 21.6. The number of aromatic nitrogens is 4. The van der Waals surface area contributed by atoms with Gasteiger partial charge in [0.25, 0.3) is 5.91 Å². The maximum atomic E-state index is 12.8. The number of amides is 1. The maximum Gasteiger partial charge on any atom is 0.255 e. The van der Waals surface area contributed by atoms with Crippen LogP contribution in [0.15, 0.2) is 6.20 Å². The second-order valence-electron chi connectivity index (χ2n) is 6.10. The van der Waals surface area contributed by atoms with Crippen molar-refractivity contribution in [1.82, 2.24) is 25.1 Å². The van der Waals surface area contributed by atoms with E-state index in [1.165, 1.54) is 0 Å². The first-order valence-electron chi connectivity index (χ1n) is 8.18. The maximum absolute atomic E-state index is 12.8. The summed E-state index contributed by atoms with van der Waals surface area (Å²) in [5.41, 5.74) is 4.49. The Hall–Kier alpha value is -2.24. The number of hydrogen-bond donors (Lipinski definition) is 1. The van der Waals surface area contributed by atoms with Crippen LogP contribution in [0.5, 0.6) is 0 Å². The highest BCUT2D eigenvalue weighted by Gasteiger charge is 2.26. The highest BCUT2D eigenvalue weighted by molar-refractivity contribution is 5.96. The number of nitrogens with zero attached hydrogens (tertiary/aromatic N) is 4. The highest BCUT2D eigenvalue weighted by Crippen LogP contribution is 2.28. The van der Waals surface area contributed by atoms with E-state index in [1.807, 2.05) is 38.6 Å². The minimum atomic E-state index is -0.0573. The second-order valence-corrected chi connectivity index (χ2v) is 6.10. The van der Waals surface area contributed by atoms with Crippen LogP contribution >= 0.6 is 0 Å². The predicted molar refractivity (Wildman–Crippen MR) is 87.3 cm³/mol. The smallest absolute Gasteiger partial charge is 0.255 e. The Morgan fingerprint density at radius 3 is 2.87 bits per heavy atom. The molecule has 0 aliphatic heterocycles. The lowest BCUT2D eigenvalue weighted by atomic mass is 9.92. The number of carbonyl (C=O) groups is 1. The van der Waals surface area contributed by atoms with Crippen molar-refractivity contribution < 1.29 is 4.79 Å². The van der Waals surface area contributed by atoms with E-state index >= 15 is 0 Å². The fraction of sp³-hybridized carbons (Fsp3) is 0.529. The number of rotatable bonds is 3. The summed E-state index contributed by atoms with van der Waals surface area (Å²) in [6, 6.07) is -0.0179. The van der Waals surface area contributed by atoms with E-state index < -0.39 is 0 Å². The fourth-order valence-electron chi connectivity index (χ4n) is 3.36. The summed E-state index contributed by atoms with van der Waals surface area (Å²) < 4.78 is 1.87. The molecule has 6 nitrogen and oxygen atoms in total. The van der Waals surface area contributed by atoms with Crippen molar-refractivity contribution in [2.75, 3.05) is 0 Å². The summed E-state index contributed by atoms with van der Waals surface area (Å²) >= 11 is 0. The van der Waals surface area contributed by atoms with E-state index in [9.17, 15) is 4.79 Å². The van der Waals surface area contributed by atoms with Crippen LogP contribution in [-0.2, 0) is 13.0 Å². The Labute approximate surface area is 136 Å². The van der Waals surface area contributed by atoms with Gasteiger partial charge >= 0.3 is 0 Å². The molecule has 3 rings (SSSR count). The lowest BCUT2D eigenvalue weighted by molar-refractivity contribution is 0.0931. The molecule has 0 saturated carbocycles. The van der Waals surface area contributed by atoms with Crippen molar-refractivity contribution in [1.29, 1.82) is 0 Å². The second kappa shape index (κ2) is 6.10. The zero-order valence-corrected chi connectivity index (χ0v) is 14.2. The topological polar surface area (TPSA) is 72.7 Å². The summed E-state index contributed by atoms with van der Waals surface area (Å²) in [7, 11) is 0. The van der Waals surface area contributed by atoms with Gasteiger partial charge in [-0.3, -0.25) is 9.48 Å². The average molecular weight is 313 g/mol. The molecular weight excluding hydrogens is 290 g/mol. The van der Waals surface area contributed by atoms with Gasteiger partial charge in [0.1, 0.15) is 5.82 Å². The number of carbonyl (C=O) groups excluding carboxylic acids is 1. The SMILES string of the molecule is CCn1nc(C)c(C(=O)NC2CCCc3nc(C)ncc32)c1C. The summed E-state index contributed by atoms with van der Waals surface area (Å²) in [6.07, 6.45) is 4.76. The summed E-state index contributed by atoms with van der Waals surface area (Å²) in [5, 5.41) is 7.59. The van der Waals surface area contributed by atoms with Crippen LogP contribution in [0.1, 0.15) is 64.6 Å². The molecule has 1 N–H and O–H groups in total.